The molecule has 1 amide bonds. The van der Waals surface area contributed by atoms with Crippen LogP contribution < -0.4 is 14.8 Å². The molecule has 1 aromatic heterocycles. The lowest BCUT2D eigenvalue weighted by molar-refractivity contribution is -0.115. The van der Waals surface area contributed by atoms with Crippen molar-refractivity contribution in [1.29, 1.82) is 0 Å². The van der Waals surface area contributed by atoms with Gasteiger partial charge in [0.15, 0.2) is 11.5 Å². The maximum atomic E-state index is 12.2. The Balaban J connectivity index is 1.65. The van der Waals surface area contributed by atoms with Crippen molar-refractivity contribution in [1.82, 2.24) is 0 Å². The first kappa shape index (κ1) is 16.3. The van der Waals surface area contributed by atoms with Gasteiger partial charge in [-0.2, -0.15) is 0 Å². The summed E-state index contributed by atoms with van der Waals surface area (Å²) in [5.41, 5.74) is 1.62. The molecule has 1 aliphatic heterocycles. The Kier molecular flexibility index (Phi) is 4.71. The molecule has 2 heterocycles. The van der Waals surface area contributed by atoms with E-state index in [-0.39, 0.29) is 25.1 Å². The van der Waals surface area contributed by atoms with Crippen molar-refractivity contribution in [3.8, 4) is 11.5 Å². The first-order valence-electron chi connectivity index (χ1n) is 7.52. The summed E-state index contributed by atoms with van der Waals surface area (Å²) in [7, 11) is 0. The molecule has 3 rings (SSSR count). The van der Waals surface area contributed by atoms with Gasteiger partial charge >= 0.3 is 5.97 Å². The van der Waals surface area contributed by atoms with Gasteiger partial charge in [0.25, 0.3) is 0 Å². The summed E-state index contributed by atoms with van der Waals surface area (Å²) in [5, 5.41) is 3.44. The van der Waals surface area contributed by atoms with E-state index in [1.54, 1.807) is 25.1 Å². The zero-order valence-electron chi connectivity index (χ0n) is 13.4. The molecule has 0 bridgehead atoms. The Morgan fingerprint density at radius 2 is 2.04 bits per heavy atom. The van der Waals surface area contributed by atoms with Crippen LogP contribution in [0, 0.1) is 6.92 Å². The molecule has 6 nitrogen and oxygen atoms in total. The Bertz CT molecular complexity index is 783. The number of carbonyl (C=O) groups excluding carboxylic acids is 2. The number of ether oxygens (including phenoxy) is 3. The highest BCUT2D eigenvalue weighted by Crippen LogP contribution is 2.33. The fourth-order valence-corrected chi connectivity index (χ4v) is 3.34. The third-order valence-corrected chi connectivity index (χ3v) is 4.58. The Labute approximate surface area is 143 Å². The van der Waals surface area contributed by atoms with E-state index < -0.39 is 0 Å². The van der Waals surface area contributed by atoms with Crippen LogP contribution in [0.3, 0.4) is 0 Å². The van der Waals surface area contributed by atoms with Gasteiger partial charge in [-0.3, -0.25) is 4.79 Å². The lowest BCUT2D eigenvalue weighted by Crippen LogP contribution is -2.13. The van der Waals surface area contributed by atoms with Gasteiger partial charge < -0.3 is 19.5 Å². The predicted molar refractivity (Wildman–Crippen MR) is 89.9 cm³/mol. The third-order valence-electron chi connectivity index (χ3n) is 3.44. The van der Waals surface area contributed by atoms with Gasteiger partial charge in [0, 0.05) is 0 Å². The van der Waals surface area contributed by atoms with Crippen LogP contribution in [-0.4, -0.2) is 25.3 Å². The number of hydrogen-bond donors (Lipinski definition) is 1. The van der Waals surface area contributed by atoms with Gasteiger partial charge in [0.2, 0.25) is 12.7 Å². The van der Waals surface area contributed by atoms with Crippen LogP contribution in [0.2, 0.25) is 0 Å². The van der Waals surface area contributed by atoms with Crippen molar-refractivity contribution in [2.24, 2.45) is 0 Å². The minimum absolute atomic E-state index is 0.162. The monoisotopic (exact) mass is 347 g/mol. The molecular weight excluding hydrogens is 330 g/mol. The van der Waals surface area contributed by atoms with Crippen LogP contribution in [0.25, 0.3) is 0 Å². The second-order valence-electron chi connectivity index (χ2n) is 5.26. The summed E-state index contributed by atoms with van der Waals surface area (Å²) in [6, 6.07) is 7.19. The summed E-state index contributed by atoms with van der Waals surface area (Å²) in [5.74, 6) is 0.811. The second kappa shape index (κ2) is 6.92. The molecule has 0 aliphatic carbocycles. The van der Waals surface area contributed by atoms with E-state index >= 15 is 0 Å². The Morgan fingerprint density at radius 3 is 2.83 bits per heavy atom. The molecule has 126 valence electrons. The van der Waals surface area contributed by atoms with E-state index in [1.165, 1.54) is 11.3 Å². The van der Waals surface area contributed by atoms with E-state index in [2.05, 4.69) is 5.32 Å². The molecule has 0 fully saturated rings. The number of benzene rings is 1. The highest BCUT2D eigenvalue weighted by molar-refractivity contribution is 7.18. The van der Waals surface area contributed by atoms with Crippen LogP contribution in [0.1, 0.15) is 27.7 Å². The van der Waals surface area contributed by atoms with Crippen LogP contribution in [0.5, 0.6) is 11.5 Å². The molecule has 1 aliphatic rings. The summed E-state index contributed by atoms with van der Waals surface area (Å²) in [6.07, 6.45) is 0.211. The van der Waals surface area contributed by atoms with Crippen molar-refractivity contribution in [3.05, 3.63) is 40.3 Å². The normalized spacial score (nSPS) is 12.1. The zero-order chi connectivity index (χ0) is 17.1. The number of amides is 1. The maximum absolute atomic E-state index is 12.2. The SMILES string of the molecule is CCOC(=O)c1sc(NC(=O)Cc2ccc3c(c2)OCO3)cc1C. The van der Waals surface area contributed by atoms with Crippen LogP contribution in [0.15, 0.2) is 24.3 Å². The van der Waals surface area contributed by atoms with E-state index in [9.17, 15) is 9.59 Å². The molecular formula is C17H17NO5S. The lowest BCUT2D eigenvalue weighted by Gasteiger charge is -2.04. The number of esters is 1. The fourth-order valence-electron chi connectivity index (χ4n) is 2.36. The molecule has 2 aromatic rings. The number of thiophene rings is 1. The number of nitrogens with one attached hydrogen (secondary N) is 1. The van der Waals surface area contributed by atoms with Crippen molar-refractivity contribution in [2.45, 2.75) is 20.3 Å². The van der Waals surface area contributed by atoms with Crippen molar-refractivity contribution in [2.75, 3.05) is 18.7 Å². The minimum Gasteiger partial charge on any atom is -0.462 e. The van der Waals surface area contributed by atoms with Crippen molar-refractivity contribution >= 4 is 28.2 Å². The van der Waals surface area contributed by atoms with Crippen molar-refractivity contribution < 1.29 is 23.8 Å². The molecule has 0 unspecified atom stereocenters. The Hall–Kier alpha value is -2.54. The predicted octanol–water partition coefficient (Wildman–Crippen LogP) is 3.14. The number of anilines is 1. The van der Waals surface area contributed by atoms with E-state index in [0.29, 0.717) is 28.0 Å². The molecule has 24 heavy (non-hydrogen) atoms. The zero-order valence-corrected chi connectivity index (χ0v) is 14.2. The average molecular weight is 347 g/mol. The molecule has 1 N–H and O–H groups in total. The first-order chi connectivity index (χ1) is 11.6. The fraction of sp³-hybridized carbons (Fsp3) is 0.294. The molecule has 0 saturated heterocycles. The van der Waals surface area contributed by atoms with E-state index in [1.807, 2.05) is 13.0 Å². The van der Waals surface area contributed by atoms with Crippen LogP contribution in [0.4, 0.5) is 5.00 Å². The number of aryl methyl sites for hydroxylation is 1. The molecule has 1 aromatic carbocycles. The van der Waals surface area contributed by atoms with Crippen LogP contribution >= 0.6 is 11.3 Å². The topological polar surface area (TPSA) is 73.9 Å². The largest absolute Gasteiger partial charge is 0.462 e. The maximum Gasteiger partial charge on any atom is 0.348 e. The van der Waals surface area contributed by atoms with Gasteiger partial charge in [0.1, 0.15) is 4.88 Å². The number of fused-ring (bicyclic) bond motifs is 1. The quantitative estimate of drug-likeness (QED) is 0.841. The van der Waals surface area contributed by atoms with E-state index in [0.717, 1.165) is 11.1 Å². The van der Waals surface area contributed by atoms with E-state index in [4.69, 9.17) is 14.2 Å². The standard InChI is InChI=1S/C17H17NO5S/c1-3-21-17(20)16-10(2)6-15(24-16)18-14(19)8-11-4-5-12-13(7-11)23-9-22-12/h4-7H,3,8-9H2,1-2H3,(H,18,19). The van der Waals surface area contributed by atoms with Crippen molar-refractivity contribution in [3.63, 3.8) is 0 Å². The highest BCUT2D eigenvalue weighted by Gasteiger charge is 2.17. The molecule has 0 radical (unpaired) electrons. The molecule has 0 saturated carbocycles. The Morgan fingerprint density at radius 1 is 1.25 bits per heavy atom. The molecule has 0 spiro atoms. The first-order valence-corrected chi connectivity index (χ1v) is 8.34. The molecule has 7 heteroatoms. The smallest absolute Gasteiger partial charge is 0.348 e. The van der Waals surface area contributed by atoms with Gasteiger partial charge in [-0.05, 0) is 43.2 Å². The highest BCUT2D eigenvalue weighted by atomic mass is 32.1. The average Bonchev–Trinajstić information content (AvgIpc) is 3.13. The minimum atomic E-state index is -0.365. The van der Waals surface area contributed by atoms with Gasteiger partial charge in [0.05, 0.1) is 18.0 Å². The van der Waals surface area contributed by atoms with Gasteiger partial charge in [-0.25, -0.2) is 4.79 Å². The number of rotatable bonds is 5. The summed E-state index contributed by atoms with van der Waals surface area (Å²) in [6.45, 7) is 4.10. The van der Waals surface area contributed by atoms with Gasteiger partial charge in [-0.15, -0.1) is 11.3 Å². The molecule has 0 atom stereocenters. The summed E-state index contributed by atoms with van der Waals surface area (Å²) >= 11 is 1.22. The lowest BCUT2D eigenvalue weighted by atomic mass is 10.1. The summed E-state index contributed by atoms with van der Waals surface area (Å²) in [4.78, 5) is 24.5. The second-order valence-corrected chi connectivity index (χ2v) is 6.31. The summed E-state index contributed by atoms with van der Waals surface area (Å²) < 4.78 is 15.5. The van der Waals surface area contributed by atoms with Gasteiger partial charge in [-0.1, -0.05) is 6.07 Å². The third kappa shape index (κ3) is 3.51. The van der Waals surface area contributed by atoms with Crippen LogP contribution in [-0.2, 0) is 16.0 Å². The number of hydrogen-bond acceptors (Lipinski definition) is 6. The number of carbonyl (C=O) groups is 2.